The summed E-state index contributed by atoms with van der Waals surface area (Å²) >= 11 is 8.40. The Labute approximate surface area is 255 Å². The monoisotopic (exact) mass is 625 g/mol. The molecule has 4 aromatic rings. The van der Waals surface area contributed by atoms with Gasteiger partial charge in [0.1, 0.15) is 30.7 Å². The highest BCUT2D eigenvalue weighted by molar-refractivity contribution is 7.22. The van der Waals surface area contributed by atoms with Crippen molar-refractivity contribution in [1.29, 1.82) is 0 Å². The van der Waals surface area contributed by atoms with E-state index in [9.17, 15) is 4.39 Å². The molecule has 2 bridgehead atoms. The molecule has 5 aliphatic heterocycles. The largest absolute Gasteiger partial charge is 0.489 e. The van der Waals surface area contributed by atoms with Crippen molar-refractivity contribution in [2.75, 3.05) is 43.5 Å². The molecule has 0 unspecified atom stereocenters. The highest BCUT2D eigenvalue weighted by Gasteiger charge is 2.50. The van der Waals surface area contributed by atoms with Crippen molar-refractivity contribution in [3.05, 3.63) is 29.0 Å². The molecule has 9 rings (SSSR count). The number of ether oxygens (including phenoxy) is 2. The number of rotatable bonds is 4. The third-order valence-electron chi connectivity index (χ3n) is 10.1. The Bertz CT molecular complexity index is 1810. The zero-order valence-electron chi connectivity index (χ0n) is 23.3. The van der Waals surface area contributed by atoms with Gasteiger partial charge in [0.05, 0.1) is 32.2 Å². The van der Waals surface area contributed by atoms with Crippen LogP contribution in [0.25, 0.3) is 32.2 Å². The molecule has 2 aromatic carbocycles. The zero-order valence-corrected chi connectivity index (χ0v) is 24.9. The summed E-state index contributed by atoms with van der Waals surface area (Å²) in [5.74, 6) is 0.327. The second kappa shape index (κ2) is 9.47. The summed E-state index contributed by atoms with van der Waals surface area (Å²) in [6.45, 7) is 2.58. The lowest BCUT2D eigenvalue weighted by molar-refractivity contribution is 0.107. The summed E-state index contributed by atoms with van der Waals surface area (Å²) in [7, 11) is 0. The molecule has 4 fully saturated rings. The van der Waals surface area contributed by atoms with Gasteiger partial charge in [0.25, 0.3) is 0 Å². The van der Waals surface area contributed by atoms with Crippen LogP contribution in [0.15, 0.2) is 18.2 Å². The topological polar surface area (TPSA) is 102 Å². The lowest BCUT2D eigenvalue weighted by atomic mass is 9.95. The highest BCUT2D eigenvalue weighted by atomic mass is 35.5. The fourth-order valence-corrected chi connectivity index (χ4v) is 9.30. The fourth-order valence-electron chi connectivity index (χ4n) is 8.20. The molecule has 224 valence electrons. The van der Waals surface area contributed by atoms with Gasteiger partial charge in [-0.15, -0.1) is 0 Å². The molecule has 0 spiro atoms. The molecular formula is C30H30ClF2N7O2S. The number of hydrogen-bond donors (Lipinski definition) is 2. The van der Waals surface area contributed by atoms with Crippen LogP contribution in [0.5, 0.6) is 11.8 Å². The average Bonchev–Trinajstić information content (AvgIpc) is 3.72. The molecule has 0 radical (unpaired) electrons. The molecule has 0 amide bonds. The van der Waals surface area contributed by atoms with Gasteiger partial charge < -0.3 is 25.4 Å². The maximum Gasteiger partial charge on any atom is 0.319 e. The number of nitrogens with zero attached hydrogens (tertiary/aromatic N) is 5. The van der Waals surface area contributed by atoms with Gasteiger partial charge >= 0.3 is 6.01 Å². The number of alkyl halides is 1. The van der Waals surface area contributed by atoms with E-state index in [4.69, 9.17) is 31.8 Å². The normalized spacial score (nSPS) is 29.6. The summed E-state index contributed by atoms with van der Waals surface area (Å²) < 4.78 is 45.0. The third-order valence-corrected chi connectivity index (χ3v) is 11.3. The quantitative estimate of drug-likeness (QED) is 0.327. The van der Waals surface area contributed by atoms with Crippen LogP contribution in [0.4, 0.5) is 19.7 Å². The number of para-hydroxylation sites is 1. The second-order valence-corrected chi connectivity index (χ2v) is 14.0. The Hall–Kier alpha value is -3.06. The van der Waals surface area contributed by atoms with Gasteiger partial charge in [-0.05, 0) is 38.3 Å². The molecule has 5 atom stereocenters. The van der Waals surface area contributed by atoms with Crippen molar-refractivity contribution in [3.8, 4) is 22.9 Å². The van der Waals surface area contributed by atoms with Crippen LogP contribution in [0.2, 0.25) is 5.02 Å². The minimum absolute atomic E-state index is 0.0208. The van der Waals surface area contributed by atoms with Gasteiger partial charge in [-0.3, -0.25) is 4.90 Å². The van der Waals surface area contributed by atoms with Gasteiger partial charge in [-0.1, -0.05) is 35.1 Å². The SMILES string of the molecule is Nc1nc2c(-c3c(Cl)c4c5c(nc(OC[C@@]67CCCN6C[C@H](F)C7)nc5c3F)N3C[C@@H]5CC[C@@H](N5)[C@H]3CO4)cccc2s1. The summed E-state index contributed by atoms with van der Waals surface area (Å²) in [6, 6.07) is 6.09. The van der Waals surface area contributed by atoms with Crippen LogP contribution in [-0.4, -0.2) is 82.5 Å². The zero-order chi connectivity index (χ0) is 29.0. The predicted octanol–water partition coefficient (Wildman–Crippen LogP) is 4.94. The molecule has 0 aliphatic carbocycles. The molecule has 13 heteroatoms. The minimum atomic E-state index is -0.882. The van der Waals surface area contributed by atoms with Crippen LogP contribution >= 0.6 is 22.9 Å². The van der Waals surface area contributed by atoms with E-state index in [1.165, 1.54) is 11.3 Å². The lowest BCUT2D eigenvalue weighted by Gasteiger charge is -2.40. The Morgan fingerprint density at radius 1 is 1.21 bits per heavy atom. The Morgan fingerprint density at radius 2 is 2.12 bits per heavy atom. The van der Waals surface area contributed by atoms with Gasteiger partial charge in [-0.25, -0.2) is 13.8 Å². The smallest absolute Gasteiger partial charge is 0.319 e. The number of piperazine rings is 1. The predicted molar refractivity (Wildman–Crippen MR) is 163 cm³/mol. The number of thiazole rings is 1. The van der Waals surface area contributed by atoms with E-state index in [2.05, 4.69) is 25.1 Å². The van der Waals surface area contributed by atoms with E-state index in [1.54, 1.807) is 6.07 Å². The Balaban J connectivity index is 1.24. The molecule has 7 heterocycles. The summed E-state index contributed by atoms with van der Waals surface area (Å²) in [5.41, 5.74) is 6.97. The van der Waals surface area contributed by atoms with Gasteiger partial charge in [-0.2, -0.15) is 9.97 Å². The van der Waals surface area contributed by atoms with Gasteiger partial charge in [0.2, 0.25) is 0 Å². The van der Waals surface area contributed by atoms with Crippen LogP contribution in [0.1, 0.15) is 32.1 Å². The van der Waals surface area contributed by atoms with Crippen molar-refractivity contribution in [2.24, 2.45) is 0 Å². The van der Waals surface area contributed by atoms with Crippen LogP contribution in [0, 0.1) is 5.82 Å². The summed E-state index contributed by atoms with van der Waals surface area (Å²) in [5, 5.41) is 4.69. The minimum Gasteiger partial charge on any atom is -0.489 e. The molecule has 9 nitrogen and oxygen atoms in total. The van der Waals surface area contributed by atoms with Crippen molar-refractivity contribution in [1.82, 2.24) is 25.2 Å². The van der Waals surface area contributed by atoms with E-state index in [1.807, 2.05) is 12.1 Å². The maximum absolute atomic E-state index is 16.9. The van der Waals surface area contributed by atoms with E-state index in [0.29, 0.717) is 65.3 Å². The van der Waals surface area contributed by atoms with E-state index < -0.39 is 12.0 Å². The number of benzene rings is 2. The standard InChI is InChI=1S/C30H30ClF2N7O2S/c31-22-20(16-3-1-4-19-24(16)36-28(34)43-19)23(33)25-21-26(22)41-12-18-17-6-5-15(35-17)11-40(18)27(21)38-29(37-25)42-13-30-7-2-8-39(30)10-14(32)9-30/h1,3-4,14-15,17-18,35H,2,5-13H2,(H2,34,36)/t14-,15+,17-,18-,30+/m1/s1. The first-order valence-electron chi connectivity index (χ1n) is 14.9. The molecule has 5 aliphatic rings. The second-order valence-electron chi connectivity index (χ2n) is 12.5. The lowest BCUT2D eigenvalue weighted by Crippen LogP contribution is -2.60. The van der Waals surface area contributed by atoms with E-state index in [-0.39, 0.29) is 46.3 Å². The first kappa shape index (κ1) is 26.4. The summed E-state index contributed by atoms with van der Waals surface area (Å²) in [6.07, 6.45) is 3.46. The first-order valence-corrected chi connectivity index (χ1v) is 16.1. The van der Waals surface area contributed by atoms with Crippen molar-refractivity contribution >= 4 is 55.0 Å². The van der Waals surface area contributed by atoms with E-state index in [0.717, 1.165) is 36.9 Å². The number of nitrogens with one attached hydrogen (secondary N) is 1. The van der Waals surface area contributed by atoms with Crippen molar-refractivity contribution in [3.63, 3.8) is 0 Å². The fraction of sp³-hybridized carbons (Fsp3) is 0.500. The molecule has 2 aromatic heterocycles. The number of aromatic nitrogens is 3. The summed E-state index contributed by atoms with van der Waals surface area (Å²) in [4.78, 5) is 18.5. The molecule has 0 saturated carbocycles. The maximum atomic E-state index is 16.9. The first-order chi connectivity index (χ1) is 20.9. The van der Waals surface area contributed by atoms with Crippen LogP contribution in [0.3, 0.4) is 0 Å². The number of halogens is 3. The van der Waals surface area contributed by atoms with E-state index >= 15 is 4.39 Å². The van der Waals surface area contributed by atoms with Crippen molar-refractivity contribution < 1.29 is 18.3 Å². The van der Waals surface area contributed by atoms with Crippen molar-refractivity contribution in [2.45, 2.75) is 61.9 Å². The van der Waals surface area contributed by atoms with Crippen LogP contribution in [-0.2, 0) is 0 Å². The highest BCUT2D eigenvalue weighted by Crippen LogP contribution is 2.50. The Morgan fingerprint density at radius 3 is 3.02 bits per heavy atom. The van der Waals surface area contributed by atoms with Gasteiger partial charge in [0, 0.05) is 42.7 Å². The molecular weight excluding hydrogens is 596 g/mol. The Kier molecular flexibility index (Phi) is 5.80. The third kappa shape index (κ3) is 3.89. The number of anilines is 2. The molecule has 4 saturated heterocycles. The molecule has 43 heavy (non-hydrogen) atoms. The number of hydrogen-bond acceptors (Lipinski definition) is 10. The van der Waals surface area contributed by atoms with Crippen LogP contribution < -0.4 is 25.4 Å². The molecule has 3 N–H and O–H groups in total. The van der Waals surface area contributed by atoms with Gasteiger partial charge in [0.15, 0.2) is 16.7 Å². The number of fused-ring (bicyclic) bond motifs is 7. The number of nitrogen functional groups attached to an aromatic ring is 1. The average molecular weight is 626 g/mol. The number of nitrogens with two attached hydrogens (primary N) is 1.